The van der Waals surface area contributed by atoms with Crippen molar-refractivity contribution in [3.63, 3.8) is 0 Å². The van der Waals surface area contributed by atoms with Crippen molar-refractivity contribution in [1.29, 1.82) is 0 Å². The Morgan fingerprint density at radius 1 is 1.18 bits per heavy atom. The molecule has 1 rings (SSSR count). The number of nitrogens with zero attached hydrogens (tertiary/aromatic N) is 1. The van der Waals surface area contributed by atoms with E-state index >= 15 is 0 Å². The summed E-state index contributed by atoms with van der Waals surface area (Å²) in [7, 11) is -1.77. The maximum atomic E-state index is 12.9. The van der Waals surface area contributed by atoms with Crippen molar-refractivity contribution in [2.45, 2.75) is 50.3 Å². The number of hydrogen-bond donors (Lipinski definition) is 1. The lowest BCUT2D eigenvalue weighted by Crippen LogP contribution is -2.53. The Hall–Kier alpha value is -0.720. The van der Waals surface area contributed by atoms with Gasteiger partial charge in [-0.25, -0.2) is 3.89 Å². The summed E-state index contributed by atoms with van der Waals surface area (Å²) < 4.78 is 31.4. The van der Waals surface area contributed by atoms with E-state index in [1.165, 1.54) is 0 Å². The monoisotopic (exact) mass is 346 g/mol. The van der Waals surface area contributed by atoms with E-state index in [2.05, 4.69) is 19.6 Å². The van der Waals surface area contributed by atoms with Gasteiger partial charge in [0, 0.05) is 0 Å². The van der Waals surface area contributed by atoms with E-state index in [9.17, 15) is 8.42 Å². The quantitative estimate of drug-likeness (QED) is 0.321. The fourth-order valence-electron chi connectivity index (χ4n) is 2.23. The molecule has 6 heteroatoms. The SMILES string of the molecule is CCCCOc1ccc(S(=O)(=O)[N+](C)(CCC)[C@@H](C)S)cc1. The number of quaternary nitrogens is 1. The molecule has 1 unspecified atom stereocenters. The maximum Gasteiger partial charge on any atom is 0.327 e. The van der Waals surface area contributed by atoms with E-state index in [0.717, 1.165) is 19.3 Å². The van der Waals surface area contributed by atoms with Crippen LogP contribution in [0.25, 0.3) is 0 Å². The van der Waals surface area contributed by atoms with Crippen LogP contribution in [-0.2, 0) is 10.0 Å². The van der Waals surface area contributed by atoms with Gasteiger partial charge in [-0.3, -0.25) is 0 Å². The molecular weight excluding hydrogens is 318 g/mol. The van der Waals surface area contributed by atoms with Gasteiger partial charge < -0.3 is 4.74 Å². The van der Waals surface area contributed by atoms with E-state index in [0.29, 0.717) is 23.8 Å². The standard InChI is InChI=1S/C16H27NO3S2/c1-5-7-13-20-15-8-10-16(11-9-15)22(18,19)17(4,12-6-2)14(3)21/h8-11,14H,5-7,12-13H2,1-4H3/p+1/t14-,17?/m1/s1. The van der Waals surface area contributed by atoms with E-state index < -0.39 is 10.0 Å². The topological polar surface area (TPSA) is 43.4 Å². The number of sulfonamides is 1. The number of thiol groups is 1. The molecule has 126 valence electrons. The van der Waals surface area contributed by atoms with Gasteiger partial charge in [-0.05, 0) is 44.0 Å². The summed E-state index contributed by atoms with van der Waals surface area (Å²) in [6, 6.07) is 6.70. The fourth-order valence-corrected chi connectivity index (χ4v) is 4.51. The first-order valence-corrected chi connectivity index (χ1v) is 9.76. The highest BCUT2D eigenvalue weighted by Crippen LogP contribution is 2.28. The summed E-state index contributed by atoms with van der Waals surface area (Å²) in [6.07, 6.45) is 2.83. The van der Waals surface area contributed by atoms with Crippen molar-refractivity contribution in [1.82, 2.24) is 0 Å². The van der Waals surface area contributed by atoms with Crippen LogP contribution in [0.5, 0.6) is 5.75 Å². The van der Waals surface area contributed by atoms with E-state index in [-0.39, 0.29) is 9.26 Å². The highest BCUT2D eigenvalue weighted by molar-refractivity contribution is 7.87. The molecule has 0 amide bonds. The van der Waals surface area contributed by atoms with Crippen LogP contribution in [0.2, 0.25) is 0 Å². The average molecular weight is 347 g/mol. The zero-order valence-corrected chi connectivity index (χ0v) is 15.7. The third kappa shape index (κ3) is 4.18. The van der Waals surface area contributed by atoms with Crippen LogP contribution in [-0.4, -0.2) is 37.9 Å². The molecule has 0 aliphatic heterocycles. The van der Waals surface area contributed by atoms with Gasteiger partial charge in [0.25, 0.3) is 0 Å². The van der Waals surface area contributed by atoms with Crippen LogP contribution in [0.1, 0.15) is 40.0 Å². The largest absolute Gasteiger partial charge is 0.494 e. The molecule has 1 aromatic rings. The molecule has 0 heterocycles. The highest BCUT2D eigenvalue weighted by Gasteiger charge is 2.41. The first-order chi connectivity index (χ1) is 10.3. The molecule has 22 heavy (non-hydrogen) atoms. The highest BCUT2D eigenvalue weighted by atomic mass is 32.2. The minimum Gasteiger partial charge on any atom is -0.494 e. The second kappa shape index (κ2) is 8.22. The van der Waals surface area contributed by atoms with Crippen LogP contribution in [0, 0.1) is 0 Å². The number of rotatable bonds is 9. The summed E-state index contributed by atoms with van der Waals surface area (Å²) in [5.41, 5.74) is 0. The average Bonchev–Trinajstić information content (AvgIpc) is 2.48. The van der Waals surface area contributed by atoms with Crippen LogP contribution < -0.4 is 4.74 Å². The molecule has 0 N–H and O–H groups in total. The molecular formula is C16H28NO3S2+. The summed E-state index contributed by atoms with van der Waals surface area (Å²) >= 11 is 4.40. The zero-order valence-electron chi connectivity index (χ0n) is 13.9. The molecule has 0 bridgehead atoms. The van der Waals surface area contributed by atoms with Gasteiger partial charge in [0.2, 0.25) is 0 Å². The lowest BCUT2D eigenvalue weighted by Gasteiger charge is -2.35. The predicted octanol–water partition coefficient (Wildman–Crippen LogP) is 3.69. The van der Waals surface area contributed by atoms with Crippen molar-refractivity contribution >= 4 is 22.7 Å². The van der Waals surface area contributed by atoms with Crippen LogP contribution >= 0.6 is 12.6 Å². The molecule has 0 aliphatic carbocycles. The Bertz CT molecular complexity index is 555. The third-order valence-corrected chi connectivity index (χ3v) is 7.03. The van der Waals surface area contributed by atoms with Gasteiger partial charge in [0.05, 0.1) is 20.2 Å². The first kappa shape index (κ1) is 19.3. The van der Waals surface area contributed by atoms with Crippen molar-refractivity contribution in [2.75, 3.05) is 20.2 Å². The van der Waals surface area contributed by atoms with E-state index in [1.54, 1.807) is 31.3 Å². The van der Waals surface area contributed by atoms with Crippen LogP contribution in [0.15, 0.2) is 29.2 Å². The Morgan fingerprint density at radius 3 is 2.23 bits per heavy atom. The van der Waals surface area contributed by atoms with Crippen molar-refractivity contribution in [3.05, 3.63) is 24.3 Å². The summed E-state index contributed by atoms with van der Waals surface area (Å²) in [6.45, 7) is 7.08. The minimum atomic E-state index is -3.50. The number of benzene rings is 1. The molecule has 0 aromatic heterocycles. The molecule has 0 saturated carbocycles. The van der Waals surface area contributed by atoms with Gasteiger partial charge >= 0.3 is 10.0 Å². The number of hydrogen-bond acceptors (Lipinski definition) is 4. The van der Waals surface area contributed by atoms with Gasteiger partial charge in [0.15, 0.2) is 0 Å². The predicted molar refractivity (Wildman–Crippen MR) is 93.8 cm³/mol. The fraction of sp³-hybridized carbons (Fsp3) is 0.625. The Balaban J connectivity index is 3.02. The smallest absolute Gasteiger partial charge is 0.327 e. The van der Waals surface area contributed by atoms with Crippen LogP contribution in [0.4, 0.5) is 0 Å². The Kier molecular flexibility index (Phi) is 7.22. The molecule has 4 nitrogen and oxygen atoms in total. The second-order valence-electron chi connectivity index (χ2n) is 5.68. The summed E-state index contributed by atoms with van der Waals surface area (Å²) in [4.78, 5) is 0.312. The molecule has 0 saturated heterocycles. The lowest BCUT2D eigenvalue weighted by molar-refractivity contribution is -0.793. The van der Waals surface area contributed by atoms with Crippen LogP contribution in [0.3, 0.4) is 0 Å². The van der Waals surface area contributed by atoms with Crippen molar-refractivity contribution in [2.24, 2.45) is 0 Å². The van der Waals surface area contributed by atoms with E-state index in [1.807, 2.05) is 13.8 Å². The van der Waals surface area contributed by atoms with Gasteiger partial charge in [0.1, 0.15) is 16.0 Å². The van der Waals surface area contributed by atoms with E-state index in [4.69, 9.17) is 4.74 Å². The van der Waals surface area contributed by atoms with Crippen molar-refractivity contribution in [3.8, 4) is 5.75 Å². The molecule has 0 spiro atoms. The number of unbranched alkanes of at least 4 members (excludes halogenated alkanes) is 1. The first-order valence-electron chi connectivity index (χ1n) is 7.81. The molecule has 1 aromatic carbocycles. The minimum absolute atomic E-state index is 0.108. The Morgan fingerprint density at radius 2 is 1.77 bits per heavy atom. The van der Waals surface area contributed by atoms with Crippen molar-refractivity contribution < 1.29 is 17.0 Å². The second-order valence-corrected chi connectivity index (χ2v) is 8.68. The van der Waals surface area contributed by atoms with Gasteiger partial charge in [-0.15, -0.1) is 12.6 Å². The lowest BCUT2D eigenvalue weighted by atomic mass is 10.3. The Labute approximate surface area is 140 Å². The third-order valence-electron chi connectivity index (χ3n) is 3.90. The summed E-state index contributed by atoms with van der Waals surface area (Å²) in [5.74, 6) is 0.705. The molecule has 2 atom stereocenters. The maximum absolute atomic E-state index is 12.9. The zero-order chi connectivity index (χ0) is 16.8. The normalized spacial score (nSPS) is 16.0. The molecule has 0 fully saturated rings. The molecule has 0 aliphatic rings. The summed E-state index contributed by atoms with van der Waals surface area (Å²) in [5, 5.41) is -0.301. The number of ether oxygens (including phenoxy) is 1. The molecule has 0 radical (unpaired) electrons. The van der Waals surface area contributed by atoms with Gasteiger partial charge in [-0.2, -0.15) is 8.42 Å². The van der Waals surface area contributed by atoms with Gasteiger partial charge in [-0.1, -0.05) is 20.3 Å².